The Hall–Kier alpha value is -0.140. The molecule has 0 saturated heterocycles. The van der Waals surface area contributed by atoms with E-state index in [0.717, 1.165) is 26.2 Å². The van der Waals surface area contributed by atoms with E-state index in [-0.39, 0.29) is 5.91 Å². The first kappa shape index (κ1) is 13.3. The van der Waals surface area contributed by atoms with Crippen LogP contribution < -0.4 is 10.6 Å². The van der Waals surface area contributed by atoms with Crippen LogP contribution in [0.4, 0.5) is 5.69 Å². The van der Waals surface area contributed by atoms with E-state index < -0.39 is 0 Å². The van der Waals surface area contributed by atoms with Gasteiger partial charge in [-0.3, -0.25) is 4.79 Å². The van der Waals surface area contributed by atoms with Crippen LogP contribution in [0.1, 0.15) is 12.8 Å². The molecule has 1 fully saturated rings. The van der Waals surface area contributed by atoms with Crippen LogP contribution >= 0.6 is 38.5 Å². The maximum atomic E-state index is 11.7. The van der Waals surface area contributed by atoms with Crippen molar-refractivity contribution in [3.8, 4) is 0 Å². The third-order valence-electron chi connectivity index (χ3n) is 2.62. The van der Waals surface area contributed by atoms with Gasteiger partial charge in [-0.2, -0.15) is 0 Å². The maximum absolute atomic E-state index is 11.7. The molecule has 0 radical (unpaired) electrons. The molecule has 1 aromatic carbocycles. The number of rotatable bonds is 5. The molecule has 0 spiro atoms. The summed E-state index contributed by atoms with van der Waals surface area (Å²) >= 11 is 5.67. The van der Waals surface area contributed by atoms with Crippen molar-refractivity contribution < 1.29 is 4.79 Å². The second kappa shape index (κ2) is 6.15. The number of carbonyl (C=O) groups is 1. The summed E-state index contributed by atoms with van der Waals surface area (Å²) in [6, 6.07) is 5.86. The lowest BCUT2D eigenvalue weighted by molar-refractivity contribution is -0.115. The molecule has 0 atom stereocenters. The Balaban J connectivity index is 1.79. The number of halogens is 2. The van der Waals surface area contributed by atoms with E-state index >= 15 is 0 Å². The molecule has 1 aromatic rings. The van der Waals surface area contributed by atoms with E-state index in [1.807, 2.05) is 18.2 Å². The number of anilines is 1. The molecule has 0 unspecified atom stereocenters. The summed E-state index contributed by atoms with van der Waals surface area (Å²) in [5.41, 5.74) is 0.823. The summed E-state index contributed by atoms with van der Waals surface area (Å²) in [6.45, 7) is 1.34. The first-order chi connectivity index (χ1) is 8.15. The highest BCUT2D eigenvalue weighted by Gasteiger charge is 2.20. The molecule has 0 bridgehead atoms. The number of nitrogens with one attached hydrogen (secondary N) is 2. The number of hydrogen-bond donors (Lipinski definition) is 2. The van der Waals surface area contributed by atoms with Crippen molar-refractivity contribution in [3.05, 3.63) is 26.2 Å². The second-order valence-corrected chi connectivity index (χ2v) is 6.35. The smallest absolute Gasteiger partial charge is 0.238 e. The molecule has 0 heterocycles. The summed E-state index contributed by atoms with van der Waals surface area (Å²) in [4.78, 5) is 11.7. The van der Waals surface area contributed by atoms with Crippen molar-refractivity contribution in [2.45, 2.75) is 12.8 Å². The van der Waals surface area contributed by atoms with Crippen molar-refractivity contribution in [1.29, 1.82) is 0 Å². The quantitative estimate of drug-likeness (QED) is 0.735. The number of benzene rings is 1. The van der Waals surface area contributed by atoms with E-state index in [2.05, 4.69) is 49.2 Å². The molecule has 17 heavy (non-hydrogen) atoms. The average molecular weight is 409 g/mol. The topological polar surface area (TPSA) is 41.1 Å². The maximum Gasteiger partial charge on any atom is 0.238 e. The van der Waals surface area contributed by atoms with Crippen LogP contribution in [0, 0.1) is 9.49 Å². The molecule has 1 saturated carbocycles. The molecule has 92 valence electrons. The Morgan fingerprint density at radius 1 is 1.47 bits per heavy atom. The number of hydrogen-bond acceptors (Lipinski definition) is 2. The molecule has 0 aromatic heterocycles. The average Bonchev–Trinajstić information content (AvgIpc) is 3.06. The predicted molar refractivity (Wildman–Crippen MR) is 81.1 cm³/mol. The molecule has 5 heteroatoms. The van der Waals surface area contributed by atoms with Crippen LogP contribution in [-0.4, -0.2) is 19.0 Å². The Morgan fingerprint density at radius 3 is 2.88 bits per heavy atom. The van der Waals surface area contributed by atoms with Gasteiger partial charge < -0.3 is 10.6 Å². The Bertz CT molecular complexity index is 421. The molecular formula is C12H14BrIN2O. The summed E-state index contributed by atoms with van der Waals surface area (Å²) in [5, 5.41) is 6.05. The zero-order valence-corrected chi connectivity index (χ0v) is 13.0. The molecule has 0 aliphatic heterocycles. The van der Waals surface area contributed by atoms with Gasteiger partial charge in [0.25, 0.3) is 0 Å². The third kappa shape index (κ3) is 4.56. The van der Waals surface area contributed by atoms with E-state index in [1.165, 1.54) is 12.8 Å². The molecule has 2 N–H and O–H groups in total. The SMILES string of the molecule is O=C(CNCC1CC1)Nc1ccc(I)cc1Br. The third-order valence-corrected chi connectivity index (χ3v) is 3.95. The van der Waals surface area contributed by atoms with Gasteiger partial charge in [0.1, 0.15) is 0 Å². The summed E-state index contributed by atoms with van der Waals surface area (Å²) in [7, 11) is 0. The lowest BCUT2D eigenvalue weighted by Crippen LogP contribution is -2.29. The first-order valence-corrected chi connectivity index (χ1v) is 7.48. The lowest BCUT2D eigenvalue weighted by atomic mass is 10.3. The van der Waals surface area contributed by atoms with Crippen LogP contribution in [0.2, 0.25) is 0 Å². The summed E-state index contributed by atoms with van der Waals surface area (Å²) in [6.07, 6.45) is 2.61. The normalized spacial score (nSPS) is 14.7. The zero-order chi connectivity index (χ0) is 12.3. The summed E-state index contributed by atoms with van der Waals surface area (Å²) < 4.78 is 2.05. The summed E-state index contributed by atoms with van der Waals surface area (Å²) in [5.74, 6) is 0.806. The highest BCUT2D eigenvalue weighted by Crippen LogP contribution is 2.27. The van der Waals surface area contributed by atoms with Crippen molar-refractivity contribution >= 4 is 50.1 Å². The van der Waals surface area contributed by atoms with Gasteiger partial charge in [-0.15, -0.1) is 0 Å². The van der Waals surface area contributed by atoms with Crippen molar-refractivity contribution in [1.82, 2.24) is 5.32 Å². The molecule has 1 aliphatic rings. The fourth-order valence-electron chi connectivity index (χ4n) is 1.50. The monoisotopic (exact) mass is 408 g/mol. The van der Waals surface area contributed by atoms with E-state index in [4.69, 9.17) is 0 Å². The Morgan fingerprint density at radius 2 is 2.24 bits per heavy atom. The predicted octanol–water partition coefficient (Wildman–Crippen LogP) is 2.99. The van der Waals surface area contributed by atoms with Crippen LogP contribution in [0.15, 0.2) is 22.7 Å². The van der Waals surface area contributed by atoms with Crippen LogP contribution in [0.3, 0.4) is 0 Å². The van der Waals surface area contributed by atoms with Gasteiger partial charge in [-0.05, 0) is 82.0 Å². The Kier molecular flexibility index (Phi) is 4.81. The van der Waals surface area contributed by atoms with Gasteiger partial charge in [-0.1, -0.05) is 0 Å². The van der Waals surface area contributed by atoms with Gasteiger partial charge in [-0.25, -0.2) is 0 Å². The van der Waals surface area contributed by atoms with Gasteiger partial charge in [0.15, 0.2) is 0 Å². The van der Waals surface area contributed by atoms with Crippen molar-refractivity contribution in [3.63, 3.8) is 0 Å². The highest BCUT2D eigenvalue weighted by atomic mass is 127. The van der Waals surface area contributed by atoms with Gasteiger partial charge in [0, 0.05) is 8.04 Å². The lowest BCUT2D eigenvalue weighted by Gasteiger charge is -2.08. The molecule has 1 amide bonds. The molecule has 1 aliphatic carbocycles. The van der Waals surface area contributed by atoms with E-state index in [0.29, 0.717) is 6.54 Å². The standard InChI is InChI=1S/C12H14BrIN2O/c13-10-5-9(14)3-4-11(10)16-12(17)7-15-6-8-1-2-8/h3-5,8,15H,1-2,6-7H2,(H,16,17). The van der Waals surface area contributed by atoms with Crippen molar-refractivity contribution in [2.75, 3.05) is 18.4 Å². The minimum absolute atomic E-state index is 0.00700. The Labute approximate surface area is 123 Å². The highest BCUT2D eigenvalue weighted by molar-refractivity contribution is 14.1. The number of amides is 1. The van der Waals surface area contributed by atoms with Crippen LogP contribution in [0.5, 0.6) is 0 Å². The molecular weight excluding hydrogens is 395 g/mol. The molecule has 3 nitrogen and oxygen atoms in total. The zero-order valence-electron chi connectivity index (χ0n) is 9.30. The first-order valence-electron chi connectivity index (χ1n) is 5.61. The fourth-order valence-corrected chi connectivity index (χ4v) is 2.89. The molecule has 2 rings (SSSR count). The minimum Gasteiger partial charge on any atom is -0.324 e. The van der Waals surface area contributed by atoms with Crippen molar-refractivity contribution in [2.24, 2.45) is 5.92 Å². The number of carbonyl (C=O) groups excluding carboxylic acids is 1. The van der Waals surface area contributed by atoms with Crippen LogP contribution in [-0.2, 0) is 4.79 Å². The van der Waals surface area contributed by atoms with Gasteiger partial charge >= 0.3 is 0 Å². The second-order valence-electron chi connectivity index (χ2n) is 4.25. The minimum atomic E-state index is 0.00700. The van der Waals surface area contributed by atoms with Gasteiger partial charge in [0.2, 0.25) is 5.91 Å². The fraction of sp³-hybridized carbons (Fsp3) is 0.417. The van der Waals surface area contributed by atoms with E-state index in [9.17, 15) is 4.79 Å². The van der Waals surface area contributed by atoms with Crippen LogP contribution in [0.25, 0.3) is 0 Å². The van der Waals surface area contributed by atoms with E-state index in [1.54, 1.807) is 0 Å². The van der Waals surface area contributed by atoms with Gasteiger partial charge in [0.05, 0.1) is 12.2 Å². The largest absolute Gasteiger partial charge is 0.324 e.